The molecule has 0 spiro atoms. The molecule has 35 heavy (non-hydrogen) atoms. The molecule has 0 saturated heterocycles. The molecule has 0 radical (unpaired) electrons. The number of aryl methyl sites for hydroxylation is 1. The van der Waals surface area contributed by atoms with Crippen LogP contribution in [0.15, 0.2) is 81.7 Å². The second-order valence-corrected chi connectivity index (χ2v) is 9.71. The van der Waals surface area contributed by atoms with Crippen LogP contribution in [0, 0.1) is 18.3 Å². The Labute approximate surface area is 209 Å². The van der Waals surface area contributed by atoms with Crippen LogP contribution < -0.4 is 5.32 Å². The average Bonchev–Trinajstić information content (AvgIpc) is 3.63. The Kier molecular flexibility index (Phi) is 6.43. The summed E-state index contributed by atoms with van der Waals surface area (Å²) in [6, 6.07) is 22.7. The first-order chi connectivity index (χ1) is 17.1. The summed E-state index contributed by atoms with van der Waals surface area (Å²) < 4.78 is 8.13. The highest BCUT2D eigenvalue weighted by atomic mass is 32.2. The summed E-state index contributed by atoms with van der Waals surface area (Å²) in [6.07, 6.45) is 1.68. The van der Waals surface area contributed by atoms with Gasteiger partial charge in [-0.3, -0.25) is 10.1 Å². The van der Waals surface area contributed by atoms with Gasteiger partial charge < -0.3 is 4.42 Å². The van der Waals surface area contributed by atoms with Crippen LogP contribution in [0.3, 0.4) is 0 Å². The van der Waals surface area contributed by atoms with E-state index < -0.39 is 0 Å². The molecule has 10 heteroatoms. The molecule has 0 aliphatic heterocycles. The van der Waals surface area contributed by atoms with Gasteiger partial charge in [0.25, 0.3) is 5.91 Å². The predicted molar refractivity (Wildman–Crippen MR) is 135 cm³/mol. The van der Waals surface area contributed by atoms with Crippen molar-refractivity contribution < 1.29 is 9.21 Å². The molecule has 8 nitrogen and oxygen atoms in total. The lowest BCUT2D eigenvalue weighted by Gasteiger charge is -2.00. The van der Waals surface area contributed by atoms with Gasteiger partial charge >= 0.3 is 0 Å². The van der Waals surface area contributed by atoms with Crippen LogP contribution in [-0.4, -0.2) is 25.9 Å². The third-order valence-electron chi connectivity index (χ3n) is 5.03. The molecule has 3 heterocycles. The average molecular weight is 499 g/mol. The number of thioether (sulfide) groups is 1. The number of furan rings is 1. The first kappa shape index (κ1) is 22.6. The standard InChI is InChI=1S/C25H18N6O2S2/c1-16-7-12-21(33-16)22-20(14-31(30-22)19-5-3-2-4-6-19)23(32)27-24-28-29-25(35-24)34-15-18-10-8-17(13-26)9-11-18/h2-12,14H,15H2,1H3,(H,27,28,32). The van der Waals surface area contributed by atoms with Crippen molar-refractivity contribution in [3.8, 4) is 23.2 Å². The number of nitriles is 1. The van der Waals surface area contributed by atoms with Gasteiger partial charge in [0.2, 0.25) is 5.13 Å². The van der Waals surface area contributed by atoms with Crippen molar-refractivity contribution in [1.29, 1.82) is 5.26 Å². The monoisotopic (exact) mass is 498 g/mol. The molecule has 0 fully saturated rings. The molecule has 5 aromatic rings. The fourth-order valence-corrected chi connectivity index (χ4v) is 5.00. The largest absolute Gasteiger partial charge is 0.460 e. The van der Waals surface area contributed by atoms with E-state index in [0.29, 0.717) is 33.5 Å². The zero-order chi connectivity index (χ0) is 24.2. The molecule has 3 aromatic heterocycles. The van der Waals surface area contributed by atoms with Crippen molar-refractivity contribution in [1.82, 2.24) is 20.0 Å². The minimum Gasteiger partial charge on any atom is -0.460 e. The highest BCUT2D eigenvalue weighted by Crippen LogP contribution is 2.30. The molecule has 0 bridgehead atoms. The van der Waals surface area contributed by atoms with E-state index in [1.165, 1.54) is 23.1 Å². The third-order valence-corrected chi connectivity index (χ3v) is 7.07. The molecular weight excluding hydrogens is 480 g/mol. The quantitative estimate of drug-likeness (QED) is 0.226. The first-order valence-electron chi connectivity index (χ1n) is 10.6. The van der Waals surface area contributed by atoms with Gasteiger partial charge in [-0.25, -0.2) is 4.68 Å². The zero-order valence-electron chi connectivity index (χ0n) is 18.5. The van der Waals surface area contributed by atoms with E-state index in [9.17, 15) is 4.79 Å². The Balaban J connectivity index is 1.33. The molecular formula is C25H18N6O2S2. The Hall–Kier alpha value is -4.20. The van der Waals surface area contributed by atoms with E-state index in [0.717, 1.165) is 21.4 Å². The number of benzene rings is 2. The van der Waals surface area contributed by atoms with Crippen molar-refractivity contribution in [3.63, 3.8) is 0 Å². The number of carbonyl (C=O) groups excluding carboxylic acids is 1. The second kappa shape index (κ2) is 9.97. The number of rotatable bonds is 7. The minimum atomic E-state index is -0.351. The summed E-state index contributed by atoms with van der Waals surface area (Å²) in [7, 11) is 0. The normalized spacial score (nSPS) is 10.7. The van der Waals surface area contributed by atoms with Crippen LogP contribution >= 0.6 is 23.1 Å². The van der Waals surface area contributed by atoms with Gasteiger partial charge in [0, 0.05) is 11.9 Å². The van der Waals surface area contributed by atoms with E-state index >= 15 is 0 Å². The smallest absolute Gasteiger partial charge is 0.261 e. The Morgan fingerprint density at radius 2 is 1.91 bits per heavy atom. The summed E-state index contributed by atoms with van der Waals surface area (Å²) in [5.74, 6) is 1.57. The molecule has 2 aromatic carbocycles. The van der Waals surface area contributed by atoms with Gasteiger partial charge in [-0.1, -0.05) is 53.4 Å². The van der Waals surface area contributed by atoms with E-state index in [1.807, 2.05) is 55.5 Å². The molecule has 0 saturated carbocycles. The van der Waals surface area contributed by atoms with E-state index in [2.05, 4.69) is 26.7 Å². The molecule has 1 amide bonds. The molecule has 1 N–H and O–H groups in total. The van der Waals surface area contributed by atoms with Gasteiger partial charge in [-0.05, 0) is 48.9 Å². The summed E-state index contributed by atoms with van der Waals surface area (Å²) >= 11 is 2.81. The number of aromatic nitrogens is 4. The maximum atomic E-state index is 13.2. The number of amides is 1. The minimum absolute atomic E-state index is 0.351. The Bertz CT molecular complexity index is 1510. The summed E-state index contributed by atoms with van der Waals surface area (Å²) in [6.45, 7) is 1.84. The Morgan fingerprint density at radius 3 is 2.63 bits per heavy atom. The van der Waals surface area contributed by atoms with Crippen LogP contribution in [0.2, 0.25) is 0 Å². The zero-order valence-corrected chi connectivity index (χ0v) is 20.1. The molecule has 0 aliphatic carbocycles. The fourth-order valence-electron chi connectivity index (χ4n) is 3.30. The van der Waals surface area contributed by atoms with Crippen molar-refractivity contribution in [3.05, 3.63) is 95.4 Å². The van der Waals surface area contributed by atoms with Crippen molar-refractivity contribution in [2.24, 2.45) is 0 Å². The van der Waals surface area contributed by atoms with Crippen LogP contribution in [0.1, 0.15) is 27.2 Å². The van der Waals surface area contributed by atoms with E-state index in [-0.39, 0.29) is 5.91 Å². The van der Waals surface area contributed by atoms with Gasteiger partial charge in [0.05, 0.1) is 22.9 Å². The number of para-hydroxylation sites is 1. The fraction of sp³-hybridized carbons (Fsp3) is 0.0800. The SMILES string of the molecule is Cc1ccc(-c2nn(-c3ccccc3)cc2C(=O)Nc2nnc(SCc3ccc(C#N)cc3)s2)o1. The van der Waals surface area contributed by atoms with E-state index in [1.54, 1.807) is 29.1 Å². The highest BCUT2D eigenvalue weighted by Gasteiger charge is 2.22. The van der Waals surface area contributed by atoms with Crippen LogP contribution in [-0.2, 0) is 5.75 Å². The maximum Gasteiger partial charge on any atom is 0.261 e. The summed E-state index contributed by atoms with van der Waals surface area (Å²) in [4.78, 5) is 13.2. The van der Waals surface area contributed by atoms with Crippen LogP contribution in [0.4, 0.5) is 5.13 Å². The number of hydrogen-bond donors (Lipinski definition) is 1. The van der Waals surface area contributed by atoms with Crippen molar-refractivity contribution in [2.75, 3.05) is 5.32 Å². The molecule has 0 unspecified atom stereocenters. The van der Waals surface area contributed by atoms with Crippen LogP contribution in [0.25, 0.3) is 17.1 Å². The van der Waals surface area contributed by atoms with E-state index in [4.69, 9.17) is 9.68 Å². The maximum absolute atomic E-state index is 13.2. The number of hydrogen-bond acceptors (Lipinski definition) is 8. The lowest BCUT2D eigenvalue weighted by Crippen LogP contribution is -2.12. The second-order valence-electron chi connectivity index (χ2n) is 7.51. The topological polar surface area (TPSA) is 110 Å². The van der Waals surface area contributed by atoms with Gasteiger partial charge in [0.15, 0.2) is 10.1 Å². The van der Waals surface area contributed by atoms with Crippen molar-refractivity contribution >= 4 is 34.1 Å². The molecule has 5 rings (SSSR count). The van der Waals surface area contributed by atoms with Gasteiger partial charge in [0.1, 0.15) is 11.5 Å². The molecule has 0 atom stereocenters. The Morgan fingerprint density at radius 1 is 1.11 bits per heavy atom. The molecule has 172 valence electrons. The van der Waals surface area contributed by atoms with Crippen molar-refractivity contribution in [2.45, 2.75) is 17.0 Å². The lowest BCUT2D eigenvalue weighted by atomic mass is 10.2. The lowest BCUT2D eigenvalue weighted by molar-refractivity contribution is 0.102. The summed E-state index contributed by atoms with van der Waals surface area (Å²) in [5, 5.41) is 25.0. The number of nitrogens with zero attached hydrogens (tertiary/aromatic N) is 5. The number of nitrogens with one attached hydrogen (secondary N) is 1. The third kappa shape index (κ3) is 5.16. The predicted octanol–water partition coefficient (Wildman–Crippen LogP) is 5.71. The van der Waals surface area contributed by atoms with Gasteiger partial charge in [-0.15, -0.1) is 10.2 Å². The first-order valence-corrected chi connectivity index (χ1v) is 12.4. The number of anilines is 1. The number of carbonyl (C=O) groups is 1. The van der Waals surface area contributed by atoms with Crippen LogP contribution in [0.5, 0.6) is 0 Å². The summed E-state index contributed by atoms with van der Waals surface area (Å²) in [5.41, 5.74) is 3.33. The van der Waals surface area contributed by atoms with Gasteiger partial charge in [-0.2, -0.15) is 10.4 Å². The molecule has 0 aliphatic rings. The highest BCUT2D eigenvalue weighted by molar-refractivity contribution is 8.00.